The molecule has 1 aromatic rings. The Labute approximate surface area is 114 Å². The summed E-state index contributed by atoms with van der Waals surface area (Å²) in [6.07, 6.45) is 0. The number of hydrogen-bond donors (Lipinski definition) is 1. The molecule has 0 atom stereocenters. The van der Waals surface area contributed by atoms with Crippen molar-refractivity contribution in [3.05, 3.63) is 42.5 Å². The molecule has 1 aromatic carbocycles. The lowest BCUT2D eigenvalue weighted by atomic mass is 10.4. The van der Waals surface area contributed by atoms with Gasteiger partial charge >= 0.3 is 14.8 Å². The SMILES string of the molecule is C=C(C)C(=O)O.CO[Si](OC)(OC)c1ccccc1. The summed E-state index contributed by atoms with van der Waals surface area (Å²) in [7, 11) is 2.22. The summed E-state index contributed by atoms with van der Waals surface area (Å²) >= 11 is 0. The fourth-order valence-corrected chi connectivity index (χ4v) is 3.05. The molecule has 0 amide bonds. The van der Waals surface area contributed by atoms with E-state index in [-0.39, 0.29) is 5.57 Å². The van der Waals surface area contributed by atoms with Crippen LogP contribution in [0.3, 0.4) is 0 Å². The van der Waals surface area contributed by atoms with Gasteiger partial charge in [0.1, 0.15) is 0 Å². The third kappa shape index (κ3) is 5.35. The van der Waals surface area contributed by atoms with Crippen LogP contribution in [0.15, 0.2) is 42.5 Å². The first kappa shape index (κ1) is 17.5. The summed E-state index contributed by atoms with van der Waals surface area (Å²) in [4.78, 5) is 9.60. The van der Waals surface area contributed by atoms with E-state index >= 15 is 0 Å². The van der Waals surface area contributed by atoms with Gasteiger partial charge in [0.25, 0.3) is 0 Å². The van der Waals surface area contributed by atoms with E-state index in [1.807, 2.05) is 30.3 Å². The van der Waals surface area contributed by atoms with Crippen molar-refractivity contribution in [3.8, 4) is 0 Å². The molecule has 0 saturated carbocycles. The smallest absolute Gasteiger partial charge is 0.478 e. The molecule has 1 rings (SSSR count). The number of benzene rings is 1. The van der Waals surface area contributed by atoms with Gasteiger partial charge in [-0.25, -0.2) is 4.79 Å². The van der Waals surface area contributed by atoms with Crippen molar-refractivity contribution in [1.82, 2.24) is 0 Å². The summed E-state index contributed by atoms with van der Waals surface area (Å²) in [5.41, 5.74) is 0.176. The molecule has 0 unspecified atom stereocenters. The molecule has 0 aliphatic rings. The van der Waals surface area contributed by atoms with Crippen LogP contribution in [0.25, 0.3) is 0 Å². The van der Waals surface area contributed by atoms with Crippen molar-refractivity contribution >= 4 is 20.0 Å². The van der Waals surface area contributed by atoms with E-state index in [9.17, 15) is 4.79 Å². The maximum atomic E-state index is 9.60. The molecule has 19 heavy (non-hydrogen) atoms. The Balaban J connectivity index is 0.000000459. The van der Waals surface area contributed by atoms with Crippen LogP contribution < -0.4 is 5.19 Å². The molecular weight excluding hydrogens is 264 g/mol. The Morgan fingerprint density at radius 3 is 1.74 bits per heavy atom. The fraction of sp³-hybridized carbons (Fsp3) is 0.308. The van der Waals surface area contributed by atoms with Crippen LogP contribution in [0.4, 0.5) is 0 Å². The van der Waals surface area contributed by atoms with Crippen molar-refractivity contribution in [2.45, 2.75) is 6.92 Å². The number of carboxylic acids is 1. The molecule has 6 heteroatoms. The lowest BCUT2D eigenvalue weighted by Crippen LogP contribution is -2.54. The Morgan fingerprint density at radius 2 is 1.47 bits per heavy atom. The normalized spacial score (nSPS) is 10.3. The van der Waals surface area contributed by atoms with E-state index in [1.54, 1.807) is 21.3 Å². The van der Waals surface area contributed by atoms with Gasteiger partial charge in [-0.05, 0) is 6.92 Å². The molecule has 106 valence electrons. The van der Waals surface area contributed by atoms with Crippen LogP contribution >= 0.6 is 0 Å². The molecule has 0 spiro atoms. The van der Waals surface area contributed by atoms with Gasteiger partial charge in [-0.3, -0.25) is 0 Å². The Morgan fingerprint density at radius 1 is 1.11 bits per heavy atom. The lowest BCUT2D eigenvalue weighted by Gasteiger charge is -2.24. The van der Waals surface area contributed by atoms with Gasteiger partial charge in [-0.2, -0.15) is 0 Å². The minimum atomic E-state index is -2.59. The Kier molecular flexibility index (Phi) is 7.93. The lowest BCUT2D eigenvalue weighted by molar-refractivity contribution is -0.132. The van der Waals surface area contributed by atoms with E-state index in [0.717, 1.165) is 5.19 Å². The van der Waals surface area contributed by atoms with Crippen molar-refractivity contribution < 1.29 is 23.2 Å². The number of rotatable bonds is 5. The van der Waals surface area contributed by atoms with Crippen LogP contribution in [-0.2, 0) is 18.1 Å². The minimum Gasteiger partial charge on any atom is -0.478 e. The second kappa shape index (κ2) is 8.60. The van der Waals surface area contributed by atoms with Crippen molar-refractivity contribution in [3.63, 3.8) is 0 Å². The van der Waals surface area contributed by atoms with Gasteiger partial charge in [-0.1, -0.05) is 36.9 Å². The molecule has 5 nitrogen and oxygen atoms in total. The summed E-state index contributed by atoms with van der Waals surface area (Å²) < 4.78 is 16.0. The van der Waals surface area contributed by atoms with Gasteiger partial charge in [0.15, 0.2) is 0 Å². The Hall–Kier alpha value is -1.47. The summed E-state index contributed by atoms with van der Waals surface area (Å²) in [6.45, 7) is 4.60. The van der Waals surface area contributed by atoms with Gasteiger partial charge in [0.05, 0.1) is 0 Å². The minimum absolute atomic E-state index is 0.176. The van der Waals surface area contributed by atoms with Crippen molar-refractivity contribution in [2.24, 2.45) is 0 Å². The monoisotopic (exact) mass is 284 g/mol. The molecule has 0 aromatic heterocycles. The predicted molar refractivity (Wildman–Crippen MR) is 75.3 cm³/mol. The summed E-state index contributed by atoms with van der Waals surface area (Å²) in [5, 5.41) is 8.87. The molecule has 1 N–H and O–H groups in total. The molecule has 0 aliphatic heterocycles. The average molecular weight is 284 g/mol. The number of aliphatic carboxylic acids is 1. The quantitative estimate of drug-likeness (QED) is 0.654. The highest BCUT2D eigenvalue weighted by atomic mass is 28.4. The third-order valence-electron chi connectivity index (χ3n) is 2.30. The summed E-state index contributed by atoms with van der Waals surface area (Å²) in [6, 6.07) is 9.72. The first-order valence-electron chi connectivity index (χ1n) is 5.53. The summed E-state index contributed by atoms with van der Waals surface area (Å²) in [5.74, 6) is -0.935. The van der Waals surface area contributed by atoms with E-state index in [1.165, 1.54) is 6.92 Å². The van der Waals surface area contributed by atoms with Crippen LogP contribution in [0, 0.1) is 0 Å². The zero-order chi connectivity index (χ0) is 14.9. The molecule has 0 radical (unpaired) electrons. The van der Waals surface area contributed by atoms with Crippen LogP contribution in [-0.4, -0.2) is 41.2 Å². The fourth-order valence-electron chi connectivity index (χ4n) is 1.25. The highest BCUT2D eigenvalue weighted by Crippen LogP contribution is 2.05. The number of carbonyl (C=O) groups is 1. The molecule has 0 bridgehead atoms. The molecule has 0 aliphatic carbocycles. The largest absolute Gasteiger partial charge is 0.536 e. The highest BCUT2D eigenvalue weighted by molar-refractivity contribution is 6.75. The van der Waals surface area contributed by atoms with Crippen molar-refractivity contribution in [2.75, 3.05) is 21.3 Å². The topological polar surface area (TPSA) is 65.0 Å². The Bertz CT molecular complexity index is 380. The van der Waals surface area contributed by atoms with E-state index in [2.05, 4.69) is 6.58 Å². The highest BCUT2D eigenvalue weighted by Gasteiger charge is 2.40. The third-order valence-corrected chi connectivity index (χ3v) is 4.95. The molecular formula is C13H20O5Si. The van der Waals surface area contributed by atoms with E-state index in [0.29, 0.717) is 0 Å². The van der Waals surface area contributed by atoms with Gasteiger partial charge in [-0.15, -0.1) is 0 Å². The van der Waals surface area contributed by atoms with Gasteiger partial charge < -0.3 is 18.4 Å². The zero-order valence-corrected chi connectivity index (χ0v) is 12.7. The molecule has 0 saturated heterocycles. The molecule has 0 fully saturated rings. The van der Waals surface area contributed by atoms with E-state index < -0.39 is 14.8 Å². The van der Waals surface area contributed by atoms with Crippen molar-refractivity contribution in [1.29, 1.82) is 0 Å². The maximum Gasteiger partial charge on any atom is 0.536 e. The van der Waals surface area contributed by atoms with E-state index in [4.69, 9.17) is 18.4 Å². The first-order valence-corrected chi connectivity index (χ1v) is 7.25. The first-order chi connectivity index (χ1) is 8.93. The number of hydrogen-bond acceptors (Lipinski definition) is 4. The van der Waals surface area contributed by atoms with Crippen LogP contribution in [0.1, 0.15) is 6.92 Å². The standard InChI is InChI=1S/C9H14O3Si.C4H6O2/c1-10-13(11-2,12-3)9-7-5-4-6-8-9;1-3(2)4(5)6/h4-8H,1-3H3;1H2,2H3,(H,5,6). The van der Waals surface area contributed by atoms with Crippen LogP contribution in [0.5, 0.6) is 0 Å². The zero-order valence-electron chi connectivity index (χ0n) is 11.7. The number of carboxylic acid groups (broad SMARTS) is 1. The van der Waals surface area contributed by atoms with Gasteiger partial charge in [0, 0.05) is 32.1 Å². The second-order valence-corrected chi connectivity index (χ2v) is 6.53. The molecule has 0 heterocycles. The van der Waals surface area contributed by atoms with Crippen LogP contribution in [0.2, 0.25) is 0 Å². The van der Waals surface area contributed by atoms with Gasteiger partial charge in [0.2, 0.25) is 0 Å². The maximum absolute atomic E-state index is 9.60. The average Bonchev–Trinajstić information content (AvgIpc) is 2.43. The predicted octanol–water partition coefficient (Wildman–Crippen LogP) is 1.42. The second-order valence-electron chi connectivity index (χ2n) is 3.62.